The van der Waals surface area contributed by atoms with Gasteiger partial charge in [-0.25, -0.2) is 0 Å². The largest absolute Gasteiger partial charge is 0.489 e. The molecule has 1 heterocycles. The van der Waals surface area contributed by atoms with Crippen molar-refractivity contribution in [2.45, 2.75) is 25.4 Å². The average molecular weight is 526 g/mol. The molecule has 3 N–H and O–H groups in total. The van der Waals surface area contributed by atoms with Crippen LogP contribution < -0.4 is 15.8 Å². The zero-order valence-electron chi connectivity index (χ0n) is 15.7. The van der Waals surface area contributed by atoms with Gasteiger partial charge in [-0.1, -0.05) is 53.8 Å². The van der Waals surface area contributed by atoms with Crippen molar-refractivity contribution >= 4 is 73.7 Å². The zero-order chi connectivity index (χ0) is 21.7. The van der Waals surface area contributed by atoms with Crippen LogP contribution in [0.2, 0.25) is 5.02 Å². The number of thiocarbonyl (C=S) groups is 1. The fraction of sp³-hybridized carbons (Fsp3) is 0.190. The Hall–Kier alpha value is -1.87. The molecule has 1 aliphatic heterocycles. The van der Waals surface area contributed by atoms with Crippen LogP contribution in [0.15, 0.2) is 51.8 Å². The fourth-order valence-electron chi connectivity index (χ4n) is 2.84. The number of nitrogens with two attached hydrogens (primary N) is 1. The van der Waals surface area contributed by atoms with E-state index in [0.717, 1.165) is 15.6 Å². The Bertz CT molecular complexity index is 1010. The maximum Gasteiger partial charge on any atom is 0.263 e. The Morgan fingerprint density at radius 1 is 1.30 bits per heavy atom. The molecule has 1 aliphatic rings. The second-order valence-electron chi connectivity index (χ2n) is 6.62. The number of rotatable bonds is 8. The van der Waals surface area contributed by atoms with E-state index in [0.29, 0.717) is 32.8 Å². The van der Waals surface area contributed by atoms with Crippen molar-refractivity contribution in [3.8, 4) is 5.75 Å². The van der Waals surface area contributed by atoms with Gasteiger partial charge in [0, 0.05) is 17.9 Å². The molecule has 9 heteroatoms. The maximum atomic E-state index is 11.8. The van der Waals surface area contributed by atoms with Crippen LogP contribution in [-0.4, -0.2) is 22.2 Å². The highest BCUT2D eigenvalue weighted by Crippen LogP contribution is 2.31. The molecule has 0 radical (unpaired) electrons. The number of carbonyl (C=O) groups is 2. The van der Waals surface area contributed by atoms with Crippen LogP contribution in [0.1, 0.15) is 24.0 Å². The molecule has 2 aromatic rings. The van der Waals surface area contributed by atoms with E-state index in [1.807, 2.05) is 42.5 Å². The Morgan fingerprint density at radius 2 is 2.03 bits per heavy atom. The second kappa shape index (κ2) is 10.4. The molecule has 1 unspecified atom stereocenters. The molecule has 1 fully saturated rings. The molecule has 0 spiro atoms. The van der Waals surface area contributed by atoms with Crippen molar-refractivity contribution in [1.29, 1.82) is 0 Å². The summed E-state index contributed by atoms with van der Waals surface area (Å²) in [6, 6.07) is 13.1. The first-order chi connectivity index (χ1) is 14.3. The minimum atomic E-state index is -0.369. The third-order valence-corrected chi connectivity index (χ3v) is 6.31. The summed E-state index contributed by atoms with van der Waals surface area (Å²) < 4.78 is 7.37. The van der Waals surface area contributed by atoms with Crippen LogP contribution in [0.3, 0.4) is 0 Å². The van der Waals surface area contributed by atoms with Gasteiger partial charge in [0.15, 0.2) is 0 Å². The number of halogens is 2. The summed E-state index contributed by atoms with van der Waals surface area (Å²) in [6.45, 7) is 0. The average Bonchev–Trinajstić information content (AvgIpc) is 3.00. The first-order valence-electron chi connectivity index (χ1n) is 9.04. The number of amides is 2. The third-order valence-electron chi connectivity index (χ3n) is 4.28. The van der Waals surface area contributed by atoms with Crippen LogP contribution in [0, 0.1) is 0 Å². The fourth-order valence-corrected chi connectivity index (χ4v) is 4.50. The summed E-state index contributed by atoms with van der Waals surface area (Å²) in [5.41, 5.74) is 7.21. The SMILES string of the molecule is NC(=O)CCC(Cc1ccc(Cl)cc1)Oc1ccc(C=C2SC(=S)NC2=O)cc1Br. The molecule has 0 aliphatic carbocycles. The van der Waals surface area contributed by atoms with Gasteiger partial charge in [-0.2, -0.15) is 0 Å². The van der Waals surface area contributed by atoms with Gasteiger partial charge in [-0.05, 0) is 63.8 Å². The van der Waals surface area contributed by atoms with Gasteiger partial charge in [-0.15, -0.1) is 0 Å². The highest BCUT2D eigenvalue weighted by atomic mass is 79.9. The molecule has 3 rings (SSSR count). The number of ether oxygens (including phenoxy) is 1. The van der Waals surface area contributed by atoms with Gasteiger partial charge < -0.3 is 15.8 Å². The monoisotopic (exact) mass is 524 g/mol. The van der Waals surface area contributed by atoms with E-state index in [1.54, 1.807) is 6.08 Å². The Kier molecular flexibility index (Phi) is 7.93. The zero-order valence-corrected chi connectivity index (χ0v) is 19.7. The van der Waals surface area contributed by atoms with Crippen molar-refractivity contribution in [1.82, 2.24) is 5.32 Å². The molecule has 30 heavy (non-hydrogen) atoms. The van der Waals surface area contributed by atoms with Crippen molar-refractivity contribution in [3.05, 3.63) is 68.0 Å². The Morgan fingerprint density at radius 3 is 2.63 bits per heavy atom. The van der Waals surface area contributed by atoms with E-state index >= 15 is 0 Å². The lowest BCUT2D eigenvalue weighted by Gasteiger charge is -2.20. The number of thioether (sulfide) groups is 1. The van der Waals surface area contributed by atoms with Crippen molar-refractivity contribution in [2.24, 2.45) is 5.73 Å². The molecule has 1 saturated heterocycles. The van der Waals surface area contributed by atoms with Gasteiger partial charge in [0.1, 0.15) is 16.2 Å². The summed E-state index contributed by atoms with van der Waals surface area (Å²) in [5, 5.41) is 3.26. The summed E-state index contributed by atoms with van der Waals surface area (Å²) >= 11 is 15.7. The quantitative estimate of drug-likeness (QED) is 0.380. The van der Waals surface area contributed by atoms with Crippen LogP contribution in [0.25, 0.3) is 6.08 Å². The third kappa shape index (κ3) is 6.57. The van der Waals surface area contributed by atoms with Gasteiger partial charge in [0.05, 0.1) is 9.38 Å². The molecule has 1 atom stereocenters. The van der Waals surface area contributed by atoms with E-state index < -0.39 is 0 Å². The van der Waals surface area contributed by atoms with Crippen LogP contribution in [0.5, 0.6) is 5.75 Å². The maximum absolute atomic E-state index is 11.8. The molecule has 2 aromatic carbocycles. The topological polar surface area (TPSA) is 81.4 Å². The molecule has 0 bridgehead atoms. The number of carbonyl (C=O) groups excluding carboxylic acids is 2. The van der Waals surface area contributed by atoms with Crippen LogP contribution >= 0.6 is 51.5 Å². The van der Waals surface area contributed by atoms with Crippen molar-refractivity contribution in [3.63, 3.8) is 0 Å². The lowest BCUT2D eigenvalue weighted by atomic mass is 10.0. The van der Waals surface area contributed by atoms with E-state index in [-0.39, 0.29) is 24.3 Å². The molecular weight excluding hydrogens is 508 g/mol. The molecule has 156 valence electrons. The lowest BCUT2D eigenvalue weighted by Crippen LogP contribution is -2.23. The normalized spacial score (nSPS) is 15.9. The smallest absolute Gasteiger partial charge is 0.263 e. The highest BCUT2D eigenvalue weighted by Gasteiger charge is 2.22. The van der Waals surface area contributed by atoms with Crippen LogP contribution in [-0.2, 0) is 16.0 Å². The minimum Gasteiger partial charge on any atom is -0.489 e. The summed E-state index contributed by atoms with van der Waals surface area (Å²) in [5.74, 6) is 0.0709. The number of hydrogen-bond acceptors (Lipinski definition) is 5. The Balaban J connectivity index is 1.75. The number of benzene rings is 2. The van der Waals surface area contributed by atoms with Gasteiger partial charge in [0.25, 0.3) is 5.91 Å². The van der Waals surface area contributed by atoms with Crippen molar-refractivity contribution < 1.29 is 14.3 Å². The number of nitrogens with one attached hydrogen (secondary N) is 1. The van der Waals surface area contributed by atoms with E-state index in [4.69, 9.17) is 34.3 Å². The Labute approximate surface area is 197 Å². The summed E-state index contributed by atoms with van der Waals surface area (Å²) in [4.78, 5) is 23.7. The van der Waals surface area contributed by atoms with Crippen LogP contribution in [0.4, 0.5) is 0 Å². The molecule has 5 nitrogen and oxygen atoms in total. The van der Waals surface area contributed by atoms with Gasteiger partial charge in [-0.3, -0.25) is 9.59 Å². The predicted octanol–water partition coefficient (Wildman–Crippen LogP) is 4.85. The second-order valence-corrected chi connectivity index (χ2v) is 9.63. The number of hydrogen-bond donors (Lipinski definition) is 2. The minimum absolute atomic E-state index is 0.198. The first-order valence-corrected chi connectivity index (χ1v) is 11.4. The lowest BCUT2D eigenvalue weighted by molar-refractivity contribution is -0.118. The standard InChI is InChI=1S/C21H18BrClN2O3S2/c22-16-10-13(11-18-20(27)25-21(29)30-18)3-7-17(16)28-15(6-8-19(24)26)9-12-1-4-14(23)5-2-12/h1-5,7,10-11,15H,6,8-9H2,(H2,24,26)(H,25,27,29). The first kappa shape index (κ1) is 22.8. The predicted molar refractivity (Wildman–Crippen MR) is 128 cm³/mol. The molecule has 0 aromatic heterocycles. The summed E-state index contributed by atoms with van der Waals surface area (Å²) in [6.07, 6.45) is 2.85. The molecular formula is C21H18BrClN2O3S2. The van der Waals surface area contributed by atoms with Gasteiger partial charge >= 0.3 is 0 Å². The highest BCUT2D eigenvalue weighted by molar-refractivity contribution is 9.10. The van der Waals surface area contributed by atoms with E-state index in [2.05, 4.69) is 21.2 Å². The van der Waals surface area contributed by atoms with Crippen molar-refractivity contribution in [2.75, 3.05) is 0 Å². The molecule has 2 amide bonds. The van der Waals surface area contributed by atoms with Gasteiger partial charge in [0.2, 0.25) is 5.91 Å². The summed E-state index contributed by atoms with van der Waals surface area (Å²) in [7, 11) is 0. The molecule has 0 saturated carbocycles. The number of primary amides is 1. The van der Waals surface area contributed by atoms with E-state index in [9.17, 15) is 9.59 Å². The van der Waals surface area contributed by atoms with E-state index in [1.165, 1.54) is 11.8 Å².